The number of aliphatic hydroxyl groups is 1. The van der Waals surface area contributed by atoms with Gasteiger partial charge in [-0.15, -0.1) is 0 Å². The second-order valence-corrected chi connectivity index (χ2v) is 11.4. The van der Waals surface area contributed by atoms with Gasteiger partial charge < -0.3 is 0 Å². The van der Waals surface area contributed by atoms with E-state index in [4.69, 9.17) is 18.9 Å². The molecule has 158 valence electrons. The van der Waals surface area contributed by atoms with Crippen molar-refractivity contribution in [3.8, 4) is 0 Å². The average Bonchev–Trinajstić information content (AvgIpc) is 2.90. The van der Waals surface area contributed by atoms with Gasteiger partial charge in [-0.05, 0) is 0 Å². The molecule has 0 aliphatic carbocycles. The van der Waals surface area contributed by atoms with Gasteiger partial charge in [0.2, 0.25) is 0 Å². The van der Waals surface area contributed by atoms with Crippen LogP contribution < -0.4 is 5.32 Å². The van der Waals surface area contributed by atoms with Crippen molar-refractivity contribution in [2.45, 2.75) is 108 Å². The van der Waals surface area contributed by atoms with Crippen molar-refractivity contribution in [1.82, 2.24) is 5.32 Å². The molecule has 27 heavy (non-hydrogen) atoms. The number of aliphatic hydroxyl groups excluding tert-OH is 1. The van der Waals surface area contributed by atoms with E-state index < -0.39 is 29.9 Å². The molecule has 0 unspecified atom stereocenters. The number of fused-ring (bicyclic) bond motifs is 1. The molecule has 2 rings (SSSR count). The van der Waals surface area contributed by atoms with Crippen LogP contribution in [0.15, 0.2) is 0 Å². The second kappa shape index (κ2) is 8.97. The molecule has 2 aliphatic rings. The third-order valence-electron chi connectivity index (χ3n) is 4.19. The minimum atomic E-state index is -0.716. The van der Waals surface area contributed by atoms with Gasteiger partial charge >= 0.3 is 169 Å². The zero-order valence-electron chi connectivity index (χ0n) is 17.5. The fourth-order valence-corrected chi connectivity index (χ4v) is 5.64. The molecule has 7 nitrogen and oxygen atoms in total. The summed E-state index contributed by atoms with van der Waals surface area (Å²) in [4.78, 5) is 12.1. The SMILES string of the molecule is CC(C)C[C@@H](C[Se]C[C@H]1O[C@@H]2OC(C)(C)O[C@@H]2[C@H]1O)NC(=O)OC(C)(C)C. The summed E-state index contributed by atoms with van der Waals surface area (Å²) in [6, 6.07) is 0.0596. The van der Waals surface area contributed by atoms with Gasteiger partial charge in [0.25, 0.3) is 0 Å². The fraction of sp³-hybridized carbons (Fsp3) is 0.947. The Morgan fingerprint density at radius 2 is 1.96 bits per heavy atom. The minimum absolute atomic E-state index is 0.0596. The number of nitrogens with one attached hydrogen (secondary N) is 1. The maximum absolute atomic E-state index is 12.1. The number of alkyl carbamates (subject to hydrolysis) is 1. The van der Waals surface area contributed by atoms with Crippen LogP contribution in [0.3, 0.4) is 0 Å². The van der Waals surface area contributed by atoms with E-state index in [0.717, 1.165) is 17.1 Å². The van der Waals surface area contributed by atoms with E-state index in [9.17, 15) is 9.90 Å². The van der Waals surface area contributed by atoms with Crippen molar-refractivity contribution in [2.24, 2.45) is 5.92 Å². The van der Waals surface area contributed by atoms with Crippen LogP contribution in [0.2, 0.25) is 10.6 Å². The van der Waals surface area contributed by atoms with Crippen LogP contribution in [-0.2, 0) is 18.9 Å². The Balaban J connectivity index is 1.79. The van der Waals surface area contributed by atoms with Crippen LogP contribution in [-0.4, -0.2) is 68.2 Å². The van der Waals surface area contributed by atoms with Gasteiger partial charge in [0, 0.05) is 0 Å². The summed E-state index contributed by atoms with van der Waals surface area (Å²) in [6.07, 6.45) is -1.37. The summed E-state index contributed by atoms with van der Waals surface area (Å²) in [5, 5.41) is 15.1. The van der Waals surface area contributed by atoms with Crippen LogP contribution in [0.1, 0.15) is 54.9 Å². The van der Waals surface area contributed by atoms with E-state index in [0.29, 0.717) is 5.92 Å². The predicted molar refractivity (Wildman–Crippen MR) is 103 cm³/mol. The summed E-state index contributed by atoms with van der Waals surface area (Å²) in [6.45, 7) is 13.5. The van der Waals surface area contributed by atoms with E-state index in [1.807, 2.05) is 34.6 Å². The summed E-state index contributed by atoms with van der Waals surface area (Å²) < 4.78 is 22.6. The molecule has 2 saturated heterocycles. The van der Waals surface area contributed by atoms with Crippen molar-refractivity contribution in [3.05, 3.63) is 0 Å². The number of rotatable bonds is 7. The topological polar surface area (TPSA) is 86.3 Å². The number of amides is 1. The summed E-state index contributed by atoms with van der Waals surface area (Å²) in [5.74, 6) is -0.246. The maximum atomic E-state index is 12.1. The Labute approximate surface area is 169 Å². The third-order valence-corrected chi connectivity index (χ3v) is 6.72. The molecule has 2 aliphatic heterocycles. The van der Waals surface area contributed by atoms with Crippen LogP contribution >= 0.6 is 0 Å². The fourth-order valence-electron chi connectivity index (χ4n) is 3.23. The molecule has 0 aromatic carbocycles. The molecule has 1 amide bonds. The van der Waals surface area contributed by atoms with Crippen LogP contribution in [0.5, 0.6) is 0 Å². The number of ether oxygens (including phenoxy) is 4. The van der Waals surface area contributed by atoms with Crippen molar-refractivity contribution in [1.29, 1.82) is 0 Å². The summed E-state index contributed by atoms with van der Waals surface area (Å²) in [5.41, 5.74) is -0.509. The predicted octanol–water partition coefficient (Wildman–Crippen LogP) is 2.70. The number of hydrogen-bond donors (Lipinski definition) is 2. The molecule has 8 heteroatoms. The Bertz CT molecular complexity index is 507. The molecule has 0 aromatic rings. The first-order valence-corrected chi connectivity index (χ1v) is 12.0. The molecule has 0 radical (unpaired) electrons. The van der Waals surface area contributed by atoms with Gasteiger partial charge in [-0.1, -0.05) is 0 Å². The molecule has 2 heterocycles. The molecule has 5 atom stereocenters. The number of hydrogen-bond acceptors (Lipinski definition) is 6. The molecule has 0 saturated carbocycles. The Kier molecular flexibility index (Phi) is 7.61. The van der Waals surface area contributed by atoms with E-state index in [1.54, 1.807) is 0 Å². The van der Waals surface area contributed by atoms with Crippen molar-refractivity contribution in [3.63, 3.8) is 0 Å². The first-order chi connectivity index (χ1) is 12.4. The standard InChI is InChI=1S/C19H35NO6Se/c1-11(2)8-12(20-17(22)26-18(3,4)5)9-27-10-13-14(21)15-16(23-13)25-19(6,7)24-15/h11-16,21H,8-10H2,1-7H3,(H,20,22)/t12-,13+,14-,15+,16+/m0/s1. The van der Waals surface area contributed by atoms with Gasteiger partial charge in [0.05, 0.1) is 0 Å². The quantitative estimate of drug-likeness (QED) is 0.578. The van der Waals surface area contributed by atoms with Crippen LogP contribution in [0.4, 0.5) is 4.79 Å². The van der Waals surface area contributed by atoms with Gasteiger partial charge in [0.15, 0.2) is 0 Å². The van der Waals surface area contributed by atoms with E-state index in [2.05, 4.69) is 19.2 Å². The Hall–Kier alpha value is -0.371. The number of carbonyl (C=O) groups is 1. The van der Waals surface area contributed by atoms with E-state index >= 15 is 0 Å². The molecule has 0 aromatic heterocycles. The van der Waals surface area contributed by atoms with Crippen molar-refractivity contribution < 1.29 is 28.8 Å². The van der Waals surface area contributed by atoms with Crippen molar-refractivity contribution >= 4 is 21.1 Å². The first-order valence-electron chi connectivity index (χ1n) is 9.63. The molecular formula is C19H35NO6Se. The van der Waals surface area contributed by atoms with Crippen LogP contribution in [0, 0.1) is 5.92 Å². The summed E-state index contributed by atoms with van der Waals surface area (Å²) in [7, 11) is 0. The van der Waals surface area contributed by atoms with E-state index in [-0.39, 0.29) is 33.2 Å². The zero-order chi connectivity index (χ0) is 20.4. The number of carbonyl (C=O) groups excluding carboxylic acids is 1. The Morgan fingerprint density at radius 1 is 1.30 bits per heavy atom. The van der Waals surface area contributed by atoms with Gasteiger partial charge in [-0.25, -0.2) is 0 Å². The van der Waals surface area contributed by atoms with Crippen LogP contribution in [0.25, 0.3) is 0 Å². The third kappa shape index (κ3) is 7.18. The molecular weight excluding hydrogens is 417 g/mol. The average molecular weight is 452 g/mol. The summed E-state index contributed by atoms with van der Waals surface area (Å²) >= 11 is 0.203. The Morgan fingerprint density at radius 3 is 2.52 bits per heavy atom. The van der Waals surface area contributed by atoms with E-state index in [1.165, 1.54) is 0 Å². The normalized spacial score (nSPS) is 31.0. The van der Waals surface area contributed by atoms with Crippen molar-refractivity contribution in [2.75, 3.05) is 0 Å². The van der Waals surface area contributed by atoms with Gasteiger partial charge in [0.1, 0.15) is 0 Å². The molecule has 2 N–H and O–H groups in total. The second-order valence-electron chi connectivity index (χ2n) is 9.14. The molecule has 0 bridgehead atoms. The monoisotopic (exact) mass is 453 g/mol. The molecule has 0 spiro atoms. The van der Waals surface area contributed by atoms with Gasteiger partial charge in [-0.2, -0.15) is 0 Å². The first kappa shape index (κ1) is 22.9. The zero-order valence-corrected chi connectivity index (χ0v) is 19.2. The molecule has 2 fully saturated rings. The van der Waals surface area contributed by atoms with Gasteiger partial charge in [-0.3, -0.25) is 0 Å².